The van der Waals surface area contributed by atoms with Crippen LogP contribution >= 0.6 is 11.3 Å². The quantitative estimate of drug-likeness (QED) is 0.762. The van der Waals surface area contributed by atoms with Crippen LogP contribution in [0.2, 0.25) is 0 Å². The number of carbonyl (C=O) groups excluding carboxylic acids is 1. The standard InChI is InChI=1S/C13H13NO2S/c15-13(10-12-5-3-9-17-12)16-8-6-11-4-1-2-7-14-11/h1-5,7,9H,6,8,10H2. The van der Waals surface area contributed by atoms with Gasteiger partial charge in [-0.1, -0.05) is 12.1 Å². The summed E-state index contributed by atoms with van der Waals surface area (Å²) in [5, 5.41) is 1.95. The summed E-state index contributed by atoms with van der Waals surface area (Å²) in [6.45, 7) is 0.390. The molecule has 2 aromatic heterocycles. The van der Waals surface area contributed by atoms with Crippen molar-refractivity contribution in [2.45, 2.75) is 12.8 Å². The third kappa shape index (κ3) is 4.00. The molecule has 17 heavy (non-hydrogen) atoms. The molecule has 2 aromatic rings. The van der Waals surface area contributed by atoms with Crippen LogP contribution < -0.4 is 0 Å². The van der Waals surface area contributed by atoms with Crippen molar-refractivity contribution in [2.75, 3.05) is 6.61 Å². The summed E-state index contributed by atoms with van der Waals surface area (Å²) in [5.74, 6) is -0.177. The molecule has 0 atom stereocenters. The highest BCUT2D eigenvalue weighted by molar-refractivity contribution is 7.10. The summed E-state index contributed by atoms with van der Waals surface area (Å²) in [7, 11) is 0. The molecule has 0 aromatic carbocycles. The first-order chi connectivity index (χ1) is 8.34. The topological polar surface area (TPSA) is 39.2 Å². The molecule has 0 aliphatic rings. The Labute approximate surface area is 104 Å². The first-order valence-corrected chi connectivity index (χ1v) is 6.30. The number of esters is 1. The molecule has 0 fully saturated rings. The van der Waals surface area contributed by atoms with E-state index in [-0.39, 0.29) is 5.97 Å². The normalized spacial score (nSPS) is 10.1. The Morgan fingerprint density at radius 1 is 1.29 bits per heavy atom. The van der Waals surface area contributed by atoms with E-state index in [9.17, 15) is 4.79 Å². The maximum atomic E-state index is 11.5. The van der Waals surface area contributed by atoms with Crippen molar-refractivity contribution in [1.29, 1.82) is 0 Å². The van der Waals surface area contributed by atoms with E-state index >= 15 is 0 Å². The van der Waals surface area contributed by atoms with Crippen LogP contribution in [0.3, 0.4) is 0 Å². The summed E-state index contributed by atoms with van der Waals surface area (Å²) in [6, 6.07) is 9.58. The number of hydrogen-bond donors (Lipinski definition) is 0. The van der Waals surface area contributed by atoms with Gasteiger partial charge in [-0.15, -0.1) is 11.3 Å². The number of thiophene rings is 1. The van der Waals surface area contributed by atoms with E-state index in [0.717, 1.165) is 10.6 Å². The third-order valence-electron chi connectivity index (χ3n) is 2.25. The smallest absolute Gasteiger partial charge is 0.311 e. The molecule has 0 saturated carbocycles. The summed E-state index contributed by atoms with van der Waals surface area (Å²) in [4.78, 5) is 16.7. The molecule has 0 bridgehead atoms. The van der Waals surface area contributed by atoms with Crippen molar-refractivity contribution < 1.29 is 9.53 Å². The van der Waals surface area contributed by atoms with E-state index in [2.05, 4.69) is 4.98 Å². The largest absolute Gasteiger partial charge is 0.465 e. The Balaban J connectivity index is 1.70. The minimum atomic E-state index is -0.177. The van der Waals surface area contributed by atoms with Crippen molar-refractivity contribution in [1.82, 2.24) is 4.98 Å². The van der Waals surface area contributed by atoms with E-state index in [0.29, 0.717) is 19.4 Å². The van der Waals surface area contributed by atoms with Gasteiger partial charge in [0.2, 0.25) is 0 Å². The molecule has 0 radical (unpaired) electrons. The molecule has 3 nitrogen and oxygen atoms in total. The predicted molar refractivity (Wildman–Crippen MR) is 66.9 cm³/mol. The lowest BCUT2D eigenvalue weighted by atomic mass is 10.3. The van der Waals surface area contributed by atoms with Crippen LogP contribution in [0.1, 0.15) is 10.6 Å². The summed E-state index contributed by atoms with van der Waals surface area (Å²) < 4.78 is 5.15. The van der Waals surface area contributed by atoms with Gasteiger partial charge in [-0.2, -0.15) is 0 Å². The van der Waals surface area contributed by atoms with Crippen LogP contribution in [0.15, 0.2) is 41.9 Å². The van der Waals surface area contributed by atoms with Gasteiger partial charge in [0.05, 0.1) is 13.0 Å². The Morgan fingerprint density at radius 3 is 2.94 bits per heavy atom. The van der Waals surface area contributed by atoms with Gasteiger partial charge in [0.25, 0.3) is 0 Å². The summed E-state index contributed by atoms with van der Waals surface area (Å²) in [6.07, 6.45) is 2.76. The molecular formula is C13H13NO2S. The van der Waals surface area contributed by atoms with Gasteiger partial charge in [0.15, 0.2) is 0 Å². The van der Waals surface area contributed by atoms with Gasteiger partial charge < -0.3 is 4.74 Å². The van der Waals surface area contributed by atoms with E-state index in [1.165, 1.54) is 0 Å². The number of rotatable bonds is 5. The van der Waals surface area contributed by atoms with Crippen LogP contribution in [-0.2, 0) is 22.4 Å². The van der Waals surface area contributed by atoms with E-state index in [1.54, 1.807) is 17.5 Å². The summed E-state index contributed by atoms with van der Waals surface area (Å²) >= 11 is 1.57. The van der Waals surface area contributed by atoms with Gasteiger partial charge in [0.1, 0.15) is 0 Å². The van der Waals surface area contributed by atoms with Crippen LogP contribution in [0.4, 0.5) is 0 Å². The van der Waals surface area contributed by atoms with Gasteiger partial charge >= 0.3 is 5.97 Å². The van der Waals surface area contributed by atoms with Crippen molar-refractivity contribution in [3.05, 3.63) is 52.5 Å². The first-order valence-electron chi connectivity index (χ1n) is 5.42. The third-order valence-corrected chi connectivity index (χ3v) is 3.12. The van der Waals surface area contributed by atoms with Gasteiger partial charge in [-0.05, 0) is 23.6 Å². The Kier molecular flexibility index (Phi) is 4.27. The Morgan fingerprint density at radius 2 is 2.24 bits per heavy atom. The zero-order chi connectivity index (χ0) is 11.9. The number of pyridine rings is 1. The van der Waals surface area contributed by atoms with Crippen LogP contribution in [0, 0.1) is 0 Å². The average molecular weight is 247 g/mol. The molecule has 2 heterocycles. The zero-order valence-corrected chi connectivity index (χ0v) is 10.2. The summed E-state index contributed by atoms with van der Waals surface area (Å²) in [5.41, 5.74) is 0.941. The van der Waals surface area contributed by atoms with Crippen LogP contribution in [0.5, 0.6) is 0 Å². The predicted octanol–water partition coefficient (Wildman–Crippen LogP) is 2.47. The second kappa shape index (κ2) is 6.15. The lowest BCUT2D eigenvalue weighted by Gasteiger charge is -2.03. The van der Waals surface area contributed by atoms with Gasteiger partial charge in [-0.3, -0.25) is 9.78 Å². The van der Waals surface area contributed by atoms with Crippen LogP contribution in [-0.4, -0.2) is 17.6 Å². The second-order valence-corrected chi connectivity index (χ2v) is 4.58. The SMILES string of the molecule is O=C(Cc1cccs1)OCCc1ccccn1. The van der Waals surface area contributed by atoms with Crippen molar-refractivity contribution in [3.8, 4) is 0 Å². The number of nitrogens with zero attached hydrogens (tertiary/aromatic N) is 1. The number of hydrogen-bond acceptors (Lipinski definition) is 4. The molecule has 0 aliphatic carbocycles. The fourth-order valence-electron chi connectivity index (χ4n) is 1.42. The minimum Gasteiger partial charge on any atom is -0.465 e. The maximum absolute atomic E-state index is 11.5. The van der Waals surface area contributed by atoms with E-state index in [1.807, 2.05) is 35.7 Å². The number of carbonyl (C=O) groups is 1. The lowest BCUT2D eigenvalue weighted by molar-refractivity contribution is -0.142. The van der Waals surface area contributed by atoms with Crippen molar-refractivity contribution in [2.24, 2.45) is 0 Å². The van der Waals surface area contributed by atoms with E-state index in [4.69, 9.17) is 4.74 Å². The molecule has 0 amide bonds. The van der Waals surface area contributed by atoms with Crippen LogP contribution in [0.25, 0.3) is 0 Å². The first kappa shape index (κ1) is 11.8. The minimum absolute atomic E-state index is 0.177. The molecule has 2 rings (SSSR count). The van der Waals surface area contributed by atoms with E-state index < -0.39 is 0 Å². The Hall–Kier alpha value is -1.68. The lowest BCUT2D eigenvalue weighted by Crippen LogP contribution is -2.10. The monoisotopic (exact) mass is 247 g/mol. The Bertz CT molecular complexity index is 454. The number of aromatic nitrogens is 1. The number of ether oxygens (including phenoxy) is 1. The maximum Gasteiger partial charge on any atom is 0.311 e. The highest BCUT2D eigenvalue weighted by Crippen LogP contribution is 2.09. The highest BCUT2D eigenvalue weighted by atomic mass is 32.1. The molecule has 0 N–H and O–H groups in total. The van der Waals surface area contributed by atoms with Crippen molar-refractivity contribution >= 4 is 17.3 Å². The highest BCUT2D eigenvalue weighted by Gasteiger charge is 2.05. The molecule has 0 saturated heterocycles. The molecule has 88 valence electrons. The molecule has 0 spiro atoms. The average Bonchev–Trinajstić information content (AvgIpc) is 2.83. The molecule has 0 unspecified atom stereocenters. The van der Waals surface area contributed by atoms with Gasteiger partial charge in [-0.25, -0.2) is 0 Å². The molecule has 4 heteroatoms. The fourth-order valence-corrected chi connectivity index (χ4v) is 2.11. The molecule has 0 aliphatic heterocycles. The molecular weight excluding hydrogens is 234 g/mol. The second-order valence-electron chi connectivity index (χ2n) is 3.55. The van der Waals surface area contributed by atoms with Crippen molar-refractivity contribution in [3.63, 3.8) is 0 Å². The zero-order valence-electron chi connectivity index (χ0n) is 9.33. The van der Waals surface area contributed by atoms with Gasteiger partial charge in [0, 0.05) is 23.2 Å². The fraction of sp³-hybridized carbons (Fsp3) is 0.231.